The van der Waals surface area contributed by atoms with E-state index < -0.39 is 0 Å². The third-order valence-electron chi connectivity index (χ3n) is 4.16. The van der Waals surface area contributed by atoms with Gasteiger partial charge in [-0.05, 0) is 39.5 Å². The van der Waals surface area contributed by atoms with Crippen LogP contribution in [-0.2, 0) is 17.6 Å². The summed E-state index contributed by atoms with van der Waals surface area (Å²) < 4.78 is 0. The highest BCUT2D eigenvalue weighted by atomic mass is 32.1. The highest BCUT2D eigenvalue weighted by Crippen LogP contribution is 2.30. The first-order valence-corrected chi connectivity index (χ1v) is 8.05. The molecule has 1 aliphatic heterocycles. The third kappa shape index (κ3) is 2.87. The Hall–Kier alpha value is -0.980. The maximum Gasteiger partial charge on any atom is 0.230 e. The fraction of sp³-hybridized carbons (Fsp3) is 0.714. The number of amides is 1. The predicted molar refractivity (Wildman–Crippen MR) is 80.9 cm³/mol. The van der Waals surface area contributed by atoms with Gasteiger partial charge in [0, 0.05) is 23.0 Å². The monoisotopic (exact) mass is 294 g/mol. The molecule has 2 aliphatic rings. The molecule has 4 N–H and O–H groups in total. The van der Waals surface area contributed by atoms with Gasteiger partial charge in [-0.15, -0.1) is 11.3 Å². The predicted octanol–water partition coefficient (Wildman–Crippen LogP) is 1.29. The zero-order chi connectivity index (χ0) is 14.3. The molecule has 1 amide bonds. The topological polar surface area (TPSA) is 80.0 Å². The van der Waals surface area contributed by atoms with Gasteiger partial charge in [0.25, 0.3) is 0 Å². The lowest BCUT2D eigenvalue weighted by atomic mass is 9.96. The molecule has 20 heavy (non-hydrogen) atoms. The molecule has 2 heterocycles. The van der Waals surface area contributed by atoms with Crippen molar-refractivity contribution < 1.29 is 4.79 Å². The van der Waals surface area contributed by atoms with Gasteiger partial charge in [-0.2, -0.15) is 0 Å². The molecule has 1 saturated heterocycles. The molecule has 1 unspecified atom stereocenters. The highest BCUT2D eigenvalue weighted by molar-refractivity contribution is 7.15. The number of anilines is 1. The summed E-state index contributed by atoms with van der Waals surface area (Å²) in [5, 5.41) is 7.09. The Labute approximate surface area is 123 Å². The summed E-state index contributed by atoms with van der Waals surface area (Å²) in [5.74, 6) is 0.117. The normalized spacial score (nSPS) is 28.1. The van der Waals surface area contributed by atoms with Gasteiger partial charge >= 0.3 is 0 Å². The quantitative estimate of drug-likeness (QED) is 0.768. The zero-order valence-corrected chi connectivity index (χ0v) is 12.8. The average molecular weight is 294 g/mol. The van der Waals surface area contributed by atoms with Gasteiger partial charge in [-0.1, -0.05) is 0 Å². The molecule has 0 saturated carbocycles. The van der Waals surface area contributed by atoms with E-state index >= 15 is 0 Å². The van der Waals surface area contributed by atoms with Crippen molar-refractivity contribution in [1.29, 1.82) is 0 Å². The van der Waals surface area contributed by atoms with Crippen LogP contribution in [-0.4, -0.2) is 29.0 Å². The Morgan fingerprint density at radius 2 is 2.35 bits per heavy atom. The molecule has 110 valence electrons. The van der Waals surface area contributed by atoms with E-state index in [4.69, 9.17) is 5.73 Å². The standard InChI is InChI=1S/C14H22N4OS/c1-14(2)6-8(7-16-14)12(19)18-13-17-10-4-3-9(15)5-11(10)20-13/h8-9,16H,3-7,15H2,1-2H3,(H,17,18,19)/t8?,9-/m0/s1. The summed E-state index contributed by atoms with van der Waals surface area (Å²) in [5.41, 5.74) is 7.15. The van der Waals surface area contributed by atoms with Crippen molar-refractivity contribution in [3.8, 4) is 0 Å². The number of nitrogens with two attached hydrogens (primary N) is 1. The van der Waals surface area contributed by atoms with E-state index in [0.29, 0.717) is 0 Å². The number of thiazole rings is 1. The average Bonchev–Trinajstić information content (AvgIpc) is 2.91. The maximum absolute atomic E-state index is 12.3. The molecular weight excluding hydrogens is 272 g/mol. The molecule has 2 atom stereocenters. The van der Waals surface area contributed by atoms with Crippen LogP contribution >= 0.6 is 11.3 Å². The summed E-state index contributed by atoms with van der Waals surface area (Å²) in [4.78, 5) is 18.1. The smallest absolute Gasteiger partial charge is 0.230 e. The minimum atomic E-state index is 0.0354. The van der Waals surface area contributed by atoms with E-state index in [1.165, 1.54) is 4.88 Å². The van der Waals surface area contributed by atoms with Gasteiger partial charge in [-0.3, -0.25) is 4.79 Å². The molecule has 0 radical (unpaired) electrons. The number of nitrogens with zero attached hydrogens (tertiary/aromatic N) is 1. The molecule has 1 fully saturated rings. The van der Waals surface area contributed by atoms with Crippen molar-refractivity contribution in [3.63, 3.8) is 0 Å². The van der Waals surface area contributed by atoms with Crippen molar-refractivity contribution in [2.75, 3.05) is 11.9 Å². The molecule has 0 bridgehead atoms. The fourth-order valence-electron chi connectivity index (χ4n) is 3.01. The zero-order valence-electron chi connectivity index (χ0n) is 12.0. The third-order valence-corrected chi connectivity index (χ3v) is 5.20. The summed E-state index contributed by atoms with van der Waals surface area (Å²) >= 11 is 1.58. The molecule has 5 nitrogen and oxygen atoms in total. The molecule has 1 aromatic heterocycles. The number of carbonyl (C=O) groups excluding carboxylic acids is 1. The number of aryl methyl sites for hydroxylation is 1. The summed E-state index contributed by atoms with van der Waals surface area (Å²) in [6, 6.07) is 0.242. The number of fused-ring (bicyclic) bond motifs is 1. The van der Waals surface area contributed by atoms with Crippen LogP contribution in [0.3, 0.4) is 0 Å². The second-order valence-electron chi connectivity index (χ2n) is 6.55. The number of hydrogen-bond donors (Lipinski definition) is 3. The van der Waals surface area contributed by atoms with E-state index in [-0.39, 0.29) is 23.4 Å². The van der Waals surface area contributed by atoms with E-state index in [2.05, 4.69) is 29.5 Å². The van der Waals surface area contributed by atoms with Crippen LogP contribution in [0.5, 0.6) is 0 Å². The van der Waals surface area contributed by atoms with Crippen LogP contribution in [0, 0.1) is 5.92 Å². The second-order valence-corrected chi connectivity index (χ2v) is 7.63. The first-order valence-electron chi connectivity index (χ1n) is 7.23. The first kappa shape index (κ1) is 14.0. The van der Waals surface area contributed by atoms with Crippen LogP contribution < -0.4 is 16.4 Å². The number of rotatable bonds is 2. The minimum Gasteiger partial charge on any atom is -0.327 e. The van der Waals surface area contributed by atoms with Gasteiger partial charge in [0.1, 0.15) is 0 Å². The Morgan fingerprint density at radius 1 is 1.55 bits per heavy atom. The lowest BCUT2D eigenvalue weighted by Crippen LogP contribution is -2.31. The van der Waals surface area contributed by atoms with Gasteiger partial charge in [0.15, 0.2) is 5.13 Å². The summed E-state index contributed by atoms with van der Waals surface area (Å²) in [7, 11) is 0. The van der Waals surface area contributed by atoms with Gasteiger partial charge in [0.2, 0.25) is 5.91 Å². The van der Waals surface area contributed by atoms with E-state index in [0.717, 1.165) is 43.1 Å². The largest absolute Gasteiger partial charge is 0.327 e. The fourth-order valence-corrected chi connectivity index (χ4v) is 4.11. The molecule has 1 aromatic rings. The SMILES string of the molecule is CC1(C)CC(C(=O)Nc2nc3c(s2)C[C@@H](N)CC3)CN1. The lowest BCUT2D eigenvalue weighted by molar-refractivity contribution is -0.119. The van der Waals surface area contributed by atoms with Crippen LogP contribution in [0.4, 0.5) is 5.13 Å². The second kappa shape index (κ2) is 5.09. The number of hydrogen-bond acceptors (Lipinski definition) is 5. The maximum atomic E-state index is 12.3. The van der Waals surface area contributed by atoms with Crippen LogP contribution in [0.15, 0.2) is 0 Å². The van der Waals surface area contributed by atoms with Crippen molar-refractivity contribution in [1.82, 2.24) is 10.3 Å². The Bertz CT molecular complexity index is 525. The Kier molecular flexibility index (Phi) is 3.56. The van der Waals surface area contributed by atoms with E-state index in [1.807, 2.05) is 0 Å². The Balaban J connectivity index is 1.65. The lowest BCUT2D eigenvalue weighted by Gasteiger charge is -2.16. The van der Waals surface area contributed by atoms with Crippen LogP contribution in [0.25, 0.3) is 0 Å². The minimum absolute atomic E-state index is 0.0354. The highest BCUT2D eigenvalue weighted by Gasteiger charge is 2.35. The summed E-state index contributed by atoms with van der Waals surface area (Å²) in [6.07, 6.45) is 3.68. The van der Waals surface area contributed by atoms with Gasteiger partial charge in [-0.25, -0.2) is 4.98 Å². The first-order chi connectivity index (χ1) is 9.43. The van der Waals surface area contributed by atoms with Gasteiger partial charge < -0.3 is 16.4 Å². The van der Waals surface area contributed by atoms with Crippen molar-refractivity contribution in [3.05, 3.63) is 10.6 Å². The Morgan fingerprint density at radius 3 is 3.05 bits per heavy atom. The molecular formula is C14H22N4OS. The van der Waals surface area contributed by atoms with Gasteiger partial charge in [0.05, 0.1) is 11.6 Å². The molecule has 6 heteroatoms. The molecule has 3 rings (SSSR count). The molecule has 0 spiro atoms. The number of carbonyl (C=O) groups is 1. The summed E-state index contributed by atoms with van der Waals surface area (Å²) in [6.45, 7) is 5.00. The van der Waals surface area contributed by atoms with E-state index in [9.17, 15) is 4.79 Å². The van der Waals surface area contributed by atoms with Crippen molar-refractivity contribution in [2.45, 2.75) is 51.1 Å². The molecule has 1 aliphatic carbocycles. The van der Waals surface area contributed by atoms with Crippen LogP contribution in [0.1, 0.15) is 37.3 Å². The van der Waals surface area contributed by atoms with Crippen molar-refractivity contribution in [2.24, 2.45) is 11.7 Å². The number of aromatic nitrogens is 1. The molecule has 0 aromatic carbocycles. The van der Waals surface area contributed by atoms with Crippen LogP contribution in [0.2, 0.25) is 0 Å². The number of nitrogens with one attached hydrogen (secondary N) is 2. The van der Waals surface area contributed by atoms with E-state index in [1.54, 1.807) is 11.3 Å². The van der Waals surface area contributed by atoms with Crippen molar-refractivity contribution >= 4 is 22.4 Å².